The fourth-order valence-electron chi connectivity index (χ4n) is 1.00. The maximum absolute atomic E-state index is 13.0. The predicted octanol–water partition coefficient (Wildman–Crippen LogP) is 2.89. The smallest absolute Gasteiger partial charge is 0.166 e. The number of rotatable bonds is 3. The van der Waals surface area contributed by atoms with Crippen molar-refractivity contribution in [2.24, 2.45) is 5.73 Å². The van der Waals surface area contributed by atoms with Crippen LogP contribution < -0.4 is 5.73 Å². The number of pyridine rings is 1. The van der Waals surface area contributed by atoms with E-state index in [4.69, 9.17) is 28.9 Å². The minimum absolute atomic E-state index is 0.148. The summed E-state index contributed by atoms with van der Waals surface area (Å²) in [5.74, 6) is -0.607. The normalized spacial score (nSPS) is 10.3. The van der Waals surface area contributed by atoms with Gasteiger partial charge in [-0.15, -0.1) is 0 Å². The van der Waals surface area contributed by atoms with Gasteiger partial charge in [0.1, 0.15) is 5.15 Å². The summed E-state index contributed by atoms with van der Waals surface area (Å²) in [6.45, 7) is 4.16. The summed E-state index contributed by atoms with van der Waals surface area (Å²) < 4.78 is 13.0. The molecule has 0 atom stereocenters. The van der Waals surface area contributed by atoms with E-state index in [0.717, 1.165) is 0 Å². The molecule has 0 amide bonds. The molecular formula is C9H9Cl2FN2. The van der Waals surface area contributed by atoms with Crippen molar-refractivity contribution in [3.05, 3.63) is 34.3 Å². The molecule has 2 N–H and O–H groups in total. The van der Waals surface area contributed by atoms with Crippen molar-refractivity contribution in [2.45, 2.75) is 6.42 Å². The van der Waals surface area contributed by atoms with E-state index in [1.807, 2.05) is 0 Å². The molecule has 1 aromatic rings. The van der Waals surface area contributed by atoms with Gasteiger partial charge in [0.2, 0.25) is 0 Å². The molecule has 0 fully saturated rings. The lowest BCUT2D eigenvalue weighted by atomic mass is 10.1. The van der Waals surface area contributed by atoms with E-state index >= 15 is 0 Å². The van der Waals surface area contributed by atoms with E-state index in [2.05, 4.69) is 11.6 Å². The van der Waals surface area contributed by atoms with Gasteiger partial charge in [-0.2, -0.15) is 0 Å². The Hall–Kier alpha value is -0.640. The zero-order valence-electron chi connectivity index (χ0n) is 7.36. The first kappa shape index (κ1) is 11.4. The molecule has 0 aromatic carbocycles. The maximum atomic E-state index is 13.0. The highest BCUT2D eigenvalue weighted by Gasteiger charge is 2.10. The van der Waals surface area contributed by atoms with Crippen LogP contribution in [-0.4, -0.2) is 11.5 Å². The van der Waals surface area contributed by atoms with E-state index in [0.29, 0.717) is 24.1 Å². The lowest BCUT2D eigenvalue weighted by Gasteiger charge is -2.06. The van der Waals surface area contributed by atoms with Crippen LogP contribution in [0.1, 0.15) is 12.0 Å². The average Bonchev–Trinajstić information content (AvgIpc) is 2.11. The largest absolute Gasteiger partial charge is 0.330 e. The highest BCUT2D eigenvalue weighted by molar-refractivity contribution is 6.33. The molecule has 5 heteroatoms. The molecular weight excluding hydrogens is 226 g/mol. The summed E-state index contributed by atoms with van der Waals surface area (Å²) in [6, 6.07) is 1.22. The summed E-state index contributed by atoms with van der Waals surface area (Å²) in [5.41, 5.74) is 6.45. The molecule has 0 radical (unpaired) electrons. The van der Waals surface area contributed by atoms with Crippen LogP contribution in [-0.2, 0) is 0 Å². The lowest BCUT2D eigenvalue weighted by molar-refractivity contribution is 0.621. The molecule has 0 bridgehead atoms. The van der Waals surface area contributed by atoms with E-state index < -0.39 is 5.82 Å². The zero-order valence-corrected chi connectivity index (χ0v) is 8.87. The van der Waals surface area contributed by atoms with Crippen molar-refractivity contribution in [1.82, 2.24) is 4.98 Å². The summed E-state index contributed by atoms with van der Waals surface area (Å²) in [4.78, 5) is 3.63. The number of hydrogen-bond acceptors (Lipinski definition) is 2. The fourth-order valence-corrected chi connectivity index (χ4v) is 1.46. The molecule has 0 saturated carbocycles. The third kappa shape index (κ3) is 2.44. The molecule has 0 aliphatic heterocycles. The number of hydrogen-bond donors (Lipinski definition) is 1. The van der Waals surface area contributed by atoms with Crippen molar-refractivity contribution in [3.8, 4) is 0 Å². The molecule has 2 nitrogen and oxygen atoms in total. The summed E-state index contributed by atoms with van der Waals surface area (Å²) >= 11 is 11.2. The Bertz CT molecular complexity index is 366. The van der Waals surface area contributed by atoms with Crippen LogP contribution >= 0.6 is 23.2 Å². The molecule has 1 rings (SSSR count). The van der Waals surface area contributed by atoms with Gasteiger partial charge in [-0.3, -0.25) is 0 Å². The summed E-state index contributed by atoms with van der Waals surface area (Å²) in [5, 5.41) is -0.0888. The van der Waals surface area contributed by atoms with Gasteiger partial charge in [0.25, 0.3) is 0 Å². The minimum atomic E-state index is -0.607. The van der Waals surface area contributed by atoms with Crippen molar-refractivity contribution in [1.29, 1.82) is 0 Å². The minimum Gasteiger partial charge on any atom is -0.330 e. The Morgan fingerprint density at radius 2 is 2.14 bits per heavy atom. The molecule has 0 spiro atoms. The molecule has 14 heavy (non-hydrogen) atoms. The van der Waals surface area contributed by atoms with Gasteiger partial charge >= 0.3 is 0 Å². The molecule has 0 aliphatic rings. The Morgan fingerprint density at radius 3 is 2.71 bits per heavy atom. The maximum Gasteiger partial charge on any atom is 0.166 e. The Labute approximate surface area is 91.5 Å². The van der Waals surface area contributed by atoms with Crippen molar-refractivity contribution >= 4 is 28.8 Å². The molecule has 0 unspecified atom stereocenters. The van der Waals surface area contributed by atoms with Crippen LogP contribution in [0.15, 0.2) is 12.6 Å². The van der Waals surface area contributed by atoms with Gasteiger partial charge in [0.15, 0.2) is 11.0 Å². The van der Waals surface area contributed by atoms with Crippen LogP contribution in [0.5, 0.6) is 0 Å². The van der Waals surface area contributed by atoms with Crippen LogP contribution in [0.4, 0.5) is 4.39 Å². The lowest BCUT2D eigenvalue weighted by Crippen LogP contribution is -2.00. The molecule has 1 aromatic heterocycles. The van der Waals surface area contributed by atoms with Crippen LogP contribution in [0.3, 0.4) is 0 Å². The second kappa shape index (κ2) is 4.73. The molecule has 76 valence electrons. The van der Waals surface area contributed by atoms with Gasteiger partial charge in [-0.05, 0) is 24.6 Å². The first-order chi connectivity index (χ1) is 6.56. The van der Waals surface area contributed by atoms with Crippen molar-refractivity contribution < 1.29 is 4.39 Å². The van der Waals surface area contributed by atoms with E-state index in [9.17, 15) is 4.39 Å². The van der Waals surface area contributed by atoms with Gasteiger partial charge in [-0.25, -0.2) is 9.37 Å². The van der Waals surface area contributed by atoms with Gasteiger partial charge in [0, 0.05) is 5.56 Å². The molecule has 0 aliphatic carbocycles. The monoisotopic (exact) mass is 234 g/mol. The Morgan fingerprint density at radius 1 is 1.50 bits per heavy atom. The first-order valence-corrected chi connectivity index (χ1v) is 4.71. The van der Waals surface area contributed by atoms with Crippen LogP contribution in [0.2, 0.25) is 10.3 Å². The first-order valence-electron chi connectivity index (χ1n) is 3.96. The van der Waals surface area contributed by atoms with Crippen molar-refractivity contribution in [2.75, 3.05) is 6.54 Å². The summed E-state index contributed by atoms with van der Waals surface area (Å²) in [6.07, 6.45) is 0.544. The van der Waals surface area contributed by atoms with Crippen LogP contribution in [0.25, 0.3) is 5.57 Å². The Balaban J connectivity index is 3.09. The summed E-state index contributed by atoms with van der Waals surface area (Å²) in [7, 11) is 0. The highest BCUT2D eigenvalue weighted by Crippen LogP contribution is 2.26. The second-order valence-electron chi connectivity index (χ2n) is 2.74. The molecule has 1 heterocycles. The number of aromatic nitrogens is 1. The van der Waals surface area contributed by atoms with E-state index in [1.54, 1.807) is 0 Å². The Kier molecular flexibility index (Phi) is 3.86. The fraction of sp³-hybridized carbons (Fsp3) is 0.222. The molecule has 0 saturated heterocycles. The third-order valence-electron chi connectivity index (χ3n) is 1.71. The number of nitrogens with two attached hydrogens (primary N) is 1. The van der Waals surface area contributed by atoms with E-state index in [1.165, 1.54) is 6.07 Å². The van der Waals surface area contributed by atoms with Gasteiger partial charge < -0.3 is 5.73 Å². The van der Waals surface area contributed by atoms with Crippen molar-refractivity contribution in [3.63, 3.8) is 0 Å². The van der Waals surface area contributed by atoms with Gasteiger partial charge in [0.05, 0.1) is 0 Å². The number of nitrogens with zero attached hydrogens (tertiary/aromatic N) is 1. The standard InChI is InChI=1S/C9H9Cl2FN2/c1-5(2-3-13)6-4-7(12)9(11)14-8(6)10/h4H,1-3,13H2. The van der Waals surface area contributed by atoms with E-state index in [-0.39, 0.29) is 10.3 Å². The van der Waals surface area contributed by atoms with Crippen LogP contribution in [0, 0.1) is 5.82 Å². The zero-order chi connectivity index (χ0) is 10.7. The topological polar surface area (TPSA) is 38.9 Å². The SMILES string of the molecule is C=C(CCN)c1cc(F)c(Cl)nc1Cl. The predicted molar refractivity (Wildman–Crippen MR) is 56.9 cm³/mol. The number of halogens is 3. The van der Waals surface area contributed by atoms with Gasteiger partial charge in [-0.1, -0.05) is 29.8 Å². The average molecular weight is 235 g/mol. The second-order valence-corrected chi connectivity index (χ2v) is 3.46. The quantitative estimate of drug-likeness (QED) is 0.818. The highest BCUT2D eigenvalue weighted by atomic mass is 35.5. The third-order valence-corrected chi connectivity index (χ3v) is 2.27.